The van der Waals surface area contributed by atoms with E-state index in [-0.39, 0.29) is 17.7 Å². The second-order valence-electron chi connectivity index (χ2n) is 6.31. The van der Waals surface area contributed by atoms with E-state index in [0.717, 1.165) is 11.8 Å². The minimum Gasteiger partial charge on any atom is -0.481 e. The quantitative estimate of drug-likeness (QED) is 0.774. The van der Waals surface area contributed by atoms with Crippen LogP contribution < -0.4 is 5.32 Å². The number of benzene rings is 2. The lowest BCUT2D eigenvalue weighted by molar-refractivity contribution is -0.137. The van der Waals surface area contributed by atoms with Crippen LogP contribution >= 0.6 is 0 Å². The lowest BCUT2D eigenvalue weighted by atomic mass is 10.0. The fourth-order valence-electron chi connectivity index (χ4n) is 2.57. The molecule has 2 aromatic rings. The molecule has 2 N–H and O–H groups in total. The number of carboxylic acid groups (broad SMARTS) is 1. The molecular weight excluding hydrogens is 354 g/mol. The summed E-state index contributed by atoms with van der Waals surface area (Å²) in [6, 6.07) is 12.9. The molecule has 0 heterocycles. The van der Waals surface area contributed by atoms with Crippen molar-refractivity contribution in [1.82, 2.24) is 5.32 Å². The molecule has 0 radical (unpaired) electrons. The Hall–Kier alpha value is -2.67. The third-order valence-electron chi connectivity index (χ3n) is 3.78. The van der Waals surface area contributed by atoms with Crippen LogP contribution in [0, 0.1) is 6.92 Å². The highest BCUT2D eigenvalue weighted by Crippen LogP contribution is 2.19. The standard InChI is InChI=1S/C19H21NO5S/c1-13-6-8-15(9-7-13)17(11-18(21)22)20-19(23)16-5-3-4-14(10-16)12-26(2,24)25/h3-10,17H,11-12H2,1-2H3,(H,20,23)(H,21,22). The van der Waals surface area contributed by atoms with Crippen molar-refractivity contribution in [3.8, 4) is 0 Å². The Morgan fingerprint density at radius 1 is 1.12 bits per heavy atom. The Kier molecular flexibility index (Phi) is 6.15. The first-order chi connectivity index (χ1) is 12.1. The first kappa shape index (κ1) is 19.7. The second kappa shape index (κ2) is 8.14. The molecule has 0 aliphatic rings. The highest BCUT2D eigenvalue weighted by Gasteiger charge is 2.19. The van der Waals surface area contributed by atoms with E-state index in [2.05, 4.69) is 5.32 Å². The summed E-state index contributed by atoms with van der Waals surface area (Å²) in [5.74, 6) is -1.64. The summed E-state index contributed by atoms with van der Waals surface area (Å²) in [6.07, 6.45) is 0.873. The maximum atomic E-state index is 12.5. The number of aryl methyl sites for hydroxylation is 1. The molecule has 2 rings (SSSR count). The molecule has 0 spiro atoms. The van der Waals surface area contributed by atoms with Gasteiger partial charge in [-0.15, -0.1) is 0 Å². The molecule has 1 unspecified atom stereocenters. The number of hydrogen-bond donors (Lipinski definition) is 2. The number of rotatable bonds is 7. The minimum absolute atomic E-state index is 0.162. The molecule has 138 valence electrons. The molecule has 6 nitrogen and oxygen atoms in total. The number of amides is 1. The van der Waals surface area contributed by atoms with Crippen LogP contribution in [0.4, 0.5) is 0 Å². The molecule has 0 saturated carbocycles. The van der Waals surface area contributed by atoms with Gasteiger partial charge in [0.15, 0.2) is 9.84 Å². The fraction of sp³-hybridized carbons (Fsp3) is 0.263. The third kappa shape index (κ3) is 6.00. The number of carbonyl (C=O) groups is 2. The van der Waals surface area contributed by atoms with Gasteiger partial charge in [-0.05, 0) is 30.2 Å². The lowest BCUT2D eigenvalue weighted by Crippen LogP contribution is -2.30. The van der Waals surface area contributed by atoms with Crippen LogP contribution in [0.15, 0.2) is 48.5 Å². The molecule has 0 aliphatic carbocycles. The average molecular weight is 375 g/mol. The highest BCUT2D eigenvalue weighted by molar-refractivity contribution is 7.89. The van der Waals surface area contributed by atoms with Gasteiger partial charge >= 0.3 is 5.97 Å². The van der Waals surface area contributed by atoms with Crippen molar-refractivity contribution in [2.75, 3.05) is 6.26 Å². The van der Waals surface area contributed by atoms with Crippen LogP contribution in [0.5, 0.6) is 0 Å². The van der Waals surface area contributed by atoms with Crippen molar-refractivity contribution in [3.05, 3.63) is 70.8 Å². The van der Waals surface area contributed by atoms with Gasteiger partial charge in [-0.3, -0.25) is 9.59 Å². The van der Waals surface area contributed by atoms with Crippen molar-refractivity contribution in [3.63, 3.8) is 0 Å². The van der Waals surface area contributed by atoms with Gasteiger partial charge in [-0.25, -0.2) is 8.42 Å². The number of carboxylic acids is 1. The van der Waals surface area contributed by atoms with E-state index < -0.39 is 27.8 Å². The van der Waals surface area contributed by atoms with Gasteiger partial charge in [0.05, 0.1) is 18.2 Å². The monoisotopic (exact) mass is 375 g/mol. The normalized spacial score (nSPS) is 12.4. The van der Waals surface area contributed by atoms with Crippen LogP contribution in [0.2, 0.25) is 0 Å². The van der Waals surface area contributed by atoms with E-state index in [4.69, 9.17) is 5.11 Å². The molecule has 1 atom stereocenters. The third-order valence-corrected chi connectivity index (χ3v) is 4.64. The summed E-state index contributed by atoms with van der Waals surface area (Å²) >= 11 is 0. The Morgan fingerprint density at radius 3 is 2.35 bits per heavy atom. The van der Waals surface area contributed by atoms with Gasteiger partial charge in [0.2, 0.25) is 0 Å². The van der Waals surface area contributed by atoms with Crippen molar-refractivity contribution in [2.24, 2.45) is 0 Å². The number of sulfone groups is 1. The summed E-state index contributed by atoms with van der Waals surface area (Å²) in [4.78, 5) is 23.7. The van der Waals surface area contributed by atoms with E-state index in [1.54, 1.807) is 30.3 Å². The molecule has 0 aromatic heterocycles. The number of aliphatic carboxylic acids is 1. The Bertz CT molecular complexity index is 904. The number of hydrogen-bond acceptors (Lipinski definition) is 4. The summed E-state index contributed by atoms with van der Waals surface area (Å²) in [5.41, 5.74) is 2.51. The van der Waals surface area contributed by atoms with Gasteiger partial charge < -0.3 is 10.4 Å². The van der Waals surface area contributed by atoms with E-state index in [9.17, 15) is 18.0 Å². The SMILES string of the molecule is Cc1ccc(C(CC(=O)O)NC(=O)c2cccc(CS(C)(=O)=O)c2)cc1. The predicted molar refractivity (Wildman–Crippen MR) is 98.6 cm³/mol. The van der Waals surface area contributed by atoms with Crippen molar-refractivity contribution >= 4 is 21.7 Å². The molecule has 0 bridgehead atoms. The van der Waals surface area contributed by atoms with Gasteiger partial charge in [0.1, 0.15) is 0 Å². The fourth-order valence-corrected chi connectivity index (χ4v) is 3.36. The van der Waals surface area contributed by atoms with Gasteiger partial charge in [-0.2, -0.15) is 0 Å². The van der Waals surface area contributed by atoms with Gasteiger partial charge in [-0.1, -0.05) is 42.0 Å². The summed E-state index contributed by atoms with van der Waals surface area (Å²) in [7, 11) is -3.22. The smallest absolute Gasteiger partial charge is 0.305 e. The number of carbonyl (C=O) groups excluding carboxylic acids is 1. The zero-order chi connectivity index (χ0) is 19.3. The van der Waals surface area contributed by atoms with E-state index >= 15 is 0 Å². The Morgan fingerprint density at radius 2 is 1.77 bits per heavy atom. The number of nitrogens with one attached hydrogen (secondary N) is 1. The zero-order valence-electron chi connectivity index (χ0n) is 14.6. The van der Waals surface area contributed by atoms with Crippen LogP contribution in [-0.4, -0.2) is 31.7 Å². The molecule has 0 fully saturated rings. The van der Waals surface area contributed by atoms with Crippen LogP contribution in [0.1, 0.15) is 39.5 Å². The molecule has 7 heteroatoms. The average Bonchev–Trinajstić information content (AvgIpc) is 2.53. The molecule has 1 amide bonds. The predicted octanol–water partition coefficient (Wildman–Crippen LogP) is 2.49. The summed E-state index contributed by atoms with van der Waals surface area (Å²) in [5, 5.41) is 11.9. The van der Waals surface area contributed by atoms with Crippen LogP contribution in [-0.2, 0) is 20.4 Å². The Balaban J connectivity index is 2.22. The summed E-state index contributed by atoms with van der Waals surface area (Å²) < 4.78 is 22.9. The first-order valence-electron chi connectivity index (χ1n) is 8.00. The molecule has 2 aromatic carbocycles. The van der Waals surface area contributed by atoms with E-state index in [0.29, 0.717) is 11.1 Å². The molecule has 26 heavy (non-hydrogen) atoms. The van der Waals surface area contributed by atoms with Crippen molar-refractivity contribution < 1.29 is 23.1 Å². The first-order valence-corrected chi connectivity index (χ1v) is 10.1. The maximum absolute atomic E-state index is 12.5. The lowest BCUT2D eigenvalue weighted by Gasteiger charge is -2.18. The topological polar surface area (TPSA) is 101 Å². The van der Waals surface area contributed by atoms with E-state index in [1.165, 1.54) is 6.07 Å². The minimum atomic E-state index is -3.22. The summed E-state index contributed by atoms with van der Waals surface area (Å²) in [6.45, 7) is 1.92. The Labute approximate surface area is 152 Å². The van der Waals surface area contributed by atoms with Gasteiger partial charge in [0.25, 0.3) is 5.91 Å². The van der Waals surface area contributed by atoms with Crippen molar-refractivity contribution in [1.29, 1.82) is 0 Å². The zero-order valence-corrected chi connectivity index (χ0v) is 15.4. The van der Waals surface area contributed by atoms with Crippen LogP contribution in [0.25, 0.3) is 0 Å². The highest BCUT2D eigenvalue weighted by atomic mass is 32.2. The largest absolute Gasteiger partial charge is 0.481 e. The molecule has 0 aliphatic heterocycles. The van der Waals surface area contributed by atoms with Gasteiger partial charge in [0, 0.05) is 11.8 Å². The maximum Gasteiger partial charge on any atom is 0.305 e. The van der Waals surface area contributed by atoms with E-state index in [1.807, 2.05) is 19.1 Å². The van der Waals surface area contributed by atoms with Crippen molar-refractivity contribution in [2.45, 2.75) is 25.1 Å². The second-order valence-corrected chi connectivity index (χ2v) is 8.45. The molecule has 0 saturated heterocycles. The van der Waals surface area contributed by atoms with Crippen LogP contribution in [0.3, 0.4) is 0 Å². The molecular formula is C19H21NO5S.